The third kappa shape index (κ3) is 3.13. The van der Waals surface area contributed by atoms with Crippen LogP contribution in [0.5, 0.6) is 0 Å². The van der Waals surface area contributed by atoms with E-state index in [1.54, 1.807) is 0 Å². The molecule has 0 fully saturated rings. The first kappa shape index (κ1) is 15.3. The van der Waals surface area contributed by atoms with Gasteiger partial charge in [0.1, 0.15) is 5.82 Å². The minimum atomic E-state index is 0.139. The fraction of sp³-hybridized carbons (Fsp3) is 0.438. The third-order valence-electron chi connectivity index (χ3n) is 3.51. The standard InChI is InChI=1S/C16H22BrN3/c1-5-6-18-15(16-19-7-8-20(16)4)13-9-11(2)14(17)12(3)10-13/h7-10,15,18H,5-6H2,1-4H3. The second kappa shape index (κ2) is 6.55. The summed E-state index contributed by atoms with van der Waals surface area (Å²) >= 11 is 3.64. The van der Waals surface area contributed by atoms with Gasteiger partial charge in [-0.1, -0.05) is 35.0 Å². The molecule has 1 N–H and O–H groups in total. The van der Waals surface area contributed by atoms with Crippen molar-refractivity contribution in [3.63, 3.8) is 0 Å². The van der Waals surface area contributed by atoms with Crippen LogP contribution in [0, 0.1) is 13.8 Å². The Labute approximate surface area is 129 Å². The van der Waals surface area contributed by atoms with Crippen LogP contribution in [-0.2, 0) is 7.05 Å². The van der Waals surface area contributed by atoms with Gasteiger partial charge in [0.25, 0.3) is 0 Å². The molecule has 1 atom stereocenters. The SMILES string of the molecule is CCCNC(c1cc(C)c(Br)c(C)c1)c1nccn1C. The van der Waals surface area contributed by atoms with Gasteiger partial charge in [0, 0.05) is 23.9 Å². The lowest BCUT2D eigenvalue weighted by atomic mass is 10.0. The summed E-state index contributed by atoms with van der Waals surface area (Å²) in [5.41, 5.74) is 3.79. The molecular weight excluding hydrogens is 314 g/mol. The van der Waals surface area contributed by atoms with Crippen LogP contribution >= 0.6 is 15.9 Å². The minimum absolute atomic E-state index is 0.139. The molecule has 3 nitrogen and oxygen atoms in total. The van der Waals surface area contributed by atoms with Crippen molar-refractivity contribution in [2.45, 2.75) is 33.2 Å². The number of nitrogens with one attached hydrogen (secondary N) is 1. The van der Waals surface area contributed by atoms with E-state index in [1.807, 2.05) is 19.4 Å². The maximum absolute atomic E-state index is 4.52. The molecule has 1 aromatic heterocycles. The third-order valence-corrected chi connectivity index (χ3v) is 4.76. The topological polar surface area (TPSA) is 29.9 Å². The summed E-state index contributed by atoms with van der Waals surface area (Å²) in [5.74, 6) is 1.06. The molecule has 0 aliphatic carbocycles. The Morgan fingerprint density at radius 3 is 2.45 bits per heavy atom. The normalized spacial score (nSPS) is 12.7. The molecule has 4 heteroatoms. The average Bonchev–Trinajstić information content (AvgIpc) is 2.83. The second-order valence-electron chi connectivity index (χ2n) is 5.25. The van der Waals surface area contributed by atoms with Crippen LogP contribution in [0.25, 0.3) is 0 Å². The number of hydrogen-bond donors (Lipinski definition) is 1. The van der Waals surface area contributed by atoms with Crippen molar-refractivity contribution in [3.8, 4) is 0 Å². The zero-order chi connectivity index (χ0) is 14.7. The van der Waals surface area contributed by atoms with Crippen molar-refractivity contribution < 1.29 is 0 Å². The van der Waals surface area contributed by atoms with Crippen LogP contribution in [0.15, 0.2) is 29.0 Å². The van der Waals surface area contributed by atoms with Crippen LogP contribution in [0.3, 0.4) is 0 Å². The quantitative estimate of drug-likeness (QED) is 0.898. The van der Waals surface area contributed by atoms with Gasteiger partial charge < -0.3 is 9.88 Å². The van der Waals surface area contributed by atoms with Gasteiger partial charge in [-0.3, -0.25) is 0 Å². The predicted octanol–water partition coefficient (Wildman–Crippen LogP) is 3.89. The highest BCUT2D eigenvalue weighted by Crippen LogP contribution is 2.28. The van der Waals surface area contributed by atoms with Gasteiger partial charge in [-0.05, 0) is 43.5 Å². The zero-order valence-electron chi connectivity index (χ0n) is 12.6. The van der Waals surface area contributed by atoms with Crippen molar-refractivity contribution in [3.05, 3.63) is 51.5 Å². The van der Waals surface area contributed by atoms with Gasteiger partial charge in [-0.2, -0.15) is 0 Å². The lowest BCUT2D eigenvalue weighted by Gasteiger charge is -2.20. The Morgan fingerprint density at radius 2 is 1.95 bits per heavy atom. The first-order valence-corrected chi connectivity index (χ1v) is 7.81. The van der Waals surface area contributed by atoms with Crippen LogP contribution in [-0.4, -0.2) is 16.1 Å². The van der Waals surface area contributed by atoms with Gasteiger partial charge >= 0.3 is 0 Å². The van der Waals surface area contributed by atoms with Gasteiger partial charge in [0.2, 0.25) is 0 Å². The van der Waals surface area contributed by atoms with Crippen molar-refractivity contribution in [2.75, 3.05) is 6.54 Å². The molecule has 0 amide bonds. The van der Waals surface area contributed by atoms with Crippen LogP contribution in [0.2, 0.25) is 0 Å². The molecule has 0 spiro atoms. The molecule has 2 rings (SSSR count). The summed E-state index contributed by atoms with van der Waals surface area (Å²) in [6.45, 7) is 7.43. The highest BCUT2D eigenvalue weighted by molar-refractivity contribution is 9.10. The Kier molecular flexibility index (Phi) is 5.00. The van der Waals surface area contributed by atoms with E-state index >= 15 is 0 Å². The minimum Gasteiger partial charge on any atom is -0.336 e. The van der Waals surface area contributed by atoms with E-state index in [4.69, 9.17) is 0 Å². The van der Waals surface area contributed by atoms with E-state index in [0.717, 1.165) is 18.8 Å². The summed E-state index contributed by atoms with van der Waals surface area (Å²) in [6.07, 6.45) is 4.96. The van der Waals surface area contributed by atoms with E-state index in [0.29, 0.717) is 0 Å². The van der Waals surface area contributed by atoms with Gasteiger partial charge in [0.15, 0.2) is 0 Å². The molecule has 20 heavy (non-hydrogen) atoms. The summed E-state index contributed by atoms with van der Waals surface area (Å²) in [4.78, 5) is 4.52. The first-order valence-electron chi connectivity index (χ1n) is 7.01. The molecule has 1 unspecified atom stereocenters. The molecule has 0 radical (unpaired) electrons. The summed E-state index contributed by atoms with van der Waals surface area (Å²) in [6, 6.07) is 4.61. The molecule has 1 heterocycles. The summed E-state index contributed by atoms with van der Waals surface area (Å²) in [5, 5.41) is 3.60. The van der Waals surface area contributed by atoms with Crippen molar-refractivity contribution in [2.24, 2.45) is 7.05 Å². The van der Waals surface area contributed by atoms with E-state index < -0.39 is 0 Å². The Balaban J connectivity index is 2.44. The van der Waals surface area contributed by atoms with E-state index in [9.17, 15) is 0 Å². The lowest BCUT2D eigenvalue weighted by molar-refractivity contribution is 0.555. The Bertz CT molecular complexity index is 566. The molecular formula is C16H22BrN3. The summed E-state index contributed by atoms with van der Waals surface area (Å²) in [7, 11) is 2.04. The number of hydrogen-bond acceptors (Lipinski definition) is 2. The number of nitrogens with zero attached hydrogens (tertiary/aromatic N) is 2. The molecule has 108 valence electrons. The molecule has 0 saturated carbocycles. The first-order chi connectivity index (χ1) is 9.54. The number of rotatable bonds is 5. The van der Waals surface area contributed by atoms with E-state index in [1.165, 1.54) is 21.2 Å². The maximum Gasteiger partial charge on any atom is 0.130 e. The predicted molar refractivity (Wildman–Crippen MR) is 87.0 cm³/mol. The molecule has 0 saturated heterocycles. The molecule has 0 aliphatic rings. The fourth-order valence-electron chi connectivity index (χ4n) is 2.45. The maximum atomic E-state index is 4.52. The Morgan fingerprint density at radius 1 is 1.30 bits per heavy atom. The van der Waals surface area contributed by atoms with Crippen molar-refractivity contribution in [1.82, 2.24) is 14.9 Å². The molecule has 2 aromatic rings. The van der Waals surface area contributed by atoms with Crippen LogP contribution < -0.4 is 5.32 Å². The number of aryl methyl sites for hydroxylation is 3. The smallest absolute Gasteiger partial charge is 0.130 e. The highest BCUT2D eigenvalue weighted by atomic mass is 79.9. The van der Waals surface area contributed by atoms with Gasteiger partial charge in [-0.15, -0.1) is 0 Å². The summed E-state index contributed by atoms with van der Waals surface area (Å²) < 4.78 is 3.27. The number of aromatic nitrogens is 2. The molecule has 1 aromatic carbocycles. The average molecular weight is 336 g/mol. The second-order valence-corrected chi connectivity index (χ2v) is 6.05. The van der Waals surface area contributed by atoms with Crippen LogP contribution in [0.1, 0.15) is 41.9 Å². The number of halogens is 1. The largest absolute Gasteiger partial charge is 0.336 e. The number of imidazole rings is 1. The lowest BCUT2D eigenvalue weighted by Crippen LogP contribution is -2.26. The van der Waals surface area contributed by atoms with E-state index in [2.05, 4.69) is 63.7 Å². The van der Waals surface area contributed by atoms with Crippen molar-refractivity contribution in [1.29, 1.82) is 0 Å². The molecule has 0 bridgehead atoms. The Hall–Kier alpha value is -1.13. The molecule has 0 aliphatic heterocycles. The van der Waals surface area contributed by atoms with Crippen LogP contribution in [0.4, 0.5) is 0 Å². The van der Waals surface area contributed by atoms with Crippen molar-refractivity contribution >= 4 is 15.9 Å². The monoisotopic (exact) mass is 335 g/mol. The fourth-order valence-corrected chi connectivity index (χ4v) is 2.68. The highest BCUT2D eigenvalue weighted by Gasteiger charge is 2.18. The van der Waals surface area contributed by atoms with Gasteiger partial charge in [0.05, 0.1) is 6.04 Å². The number of benzene rings is 1. The van der Waals surface area contributed by atoms with Gasteiger partial charge in [-0.25, -0.2) is 4.98 Å². The van der Waals surface area contributed by atoms with E-state index in [-0.39, 0.29) is 6.04 Å². The zero-order valence-corrected chi connectivity index (χ0v) is 14.2.